The van der Waals surface area contributed by atoms with Gasteiger partial charge in [0.15, 0.2) is 0 Å². The molecule has 0 radical (unpaired) electrons. The van der Waals surface area contributed by atoms with Gasteiger partial charge in [-0.15, -0.1) is 0 Å². The standard InChI is InChI=1S/C14H25N3/c1-4-7-15-9-12-10-17(11-16-12)13-5-6-14(2,3)8-13/h10-11,13,15H,4-9H2,1-3H3. The van der Waals surface area contributed by atoms with Gasteiger partial charge in [0, 0.05) is 18.8 Å². The Balaban J connectivity index is 1.90. The van der Waals surface area contributed by atoms with E-state index in [2.05, 4.69) is 41.8 Å². The normalized spacial score (nSPS) is 23.1. The Morgan fingerprint density at radius 2 is 2.35 bits per heavy atom. The minimum absolute atomic E-state index is 0.509. The third kappa shape index (κ3) is 3.32. The van der Waals surface area contributed by atoms with E-state index < -0.39 is 0 Å². The Hall–Kier alpha value is -0.830. The van der Waals surface area contributed by atoms with E-state index in [0.717, 1.165) is 13.1 Å². The summed E-state index contributed by atoms with van der Waals surface area (Å²) in [6.07, 6.45) is 9.32. The highest BCUT2D eigenvalue weighted by Crippen LogP contribution is 2.43. The molecule has 1 N–H and O–H groups in total. The summed E-state index contributed by atoms with van der Waals surface area (Å²) in [5.74, 6) is 0. The van der Waals surface area contributed by atoms with Crippen molar-refractivity contribution in [3.63, 3.8) is 0 Å². The number of imidazole rings is 1. The summed E-state index contributed by atoms with van der Waals surface area (Å²) in [4.78, 5) is 4.48. The van der Waals surface area contributed by atoms with Crippen molar-refractivity contribution >= 4 is 0 Å². The smallest absolute Gasteiger partial charge is 0.0952 e. The molecular weight excluding hydrogens is 210 g/mol. The largest absolute Gasteiger partial charge is 0.334 e. The first-order chi connectivity index (χ1) is 8.11. The van der Waals surface area contributed by atoms with Gasteiger partial charge in [0.25, 0.3) is 0 Å². The maximum absolute atomic E-state index is 4.48. The summed E-state index contributed by atoms with van der Waals surface area (Å²) in [5, 5.41) is 3.40. The Morgan fingerprint density at radius 1 is 1.53 bits per heavy atom. The average Bonchev–Trinajstić information content (AvgIpc) is 2.85. The van der Waals surface area contributed by atoms with Crippen molar-refractivity contribution in [1.82, 2.24) is 14.9 Å². The molecule has 0 bridgehead atoms. The van der Waals surface area contributed by atoms with Crippen LogP contribution in [-0.2, 0) is 6.54 Å². The van der Waals surface area contributed by atoms with Crippen LogP contribution >= 0.6 is 0 Å². The van der Waals surface area contributed by atoms with Crippen molar-refractivity contribution in [1.29, 1.82) is 0 Å². The number of rotatable bonds is 5. The average molecular weight is 235 g/mol. The van der Waals surface area contributed by atoms with Crippen molar-refractivity contribution in [2.45, 2.75) is 59.0 Å². The molecule has 3 nitrogen and oxygen atoms in total. The van der Waals surface area contributed by atoms with Crippen molar-refractivity contribution in [3.8, 4) is 0 Å². The molecule has 1 saturated carbocycles. The Kier molecular flexibility index (Phi) is 3.87. The monoisotopic (exact) mass is 235 g/mol. The molecule has 1 heterocycles. The molecule has 1 aliphatic carbocycles. The van der Waals surface area contributed by atoms with Gasteiger partial charge in [-0.2, -0.15) is 0 Å². The van der Waals surface area contributed by atoms with E-state index >= 15 is 0 Å². The fourth-order valence-corrected chi connectivity index (χ4v) is 2.72. The number of nitrogens with zero attached hydrogens (tertiary/aromatic N) is 2. The van der Waals surface area contributed by atoms with Gasteiger partial charge in [0.2, 0.25) is 0 Å². The SMILES string of the molecule is CCCNCc1cn(C2CCC(C)(C)C2)cn1. The molecule has 1 aromatic rings. The van der Waals surface area contributed by atoms with Gasteiger partial charge in [-0.25, -0.2) is 4.98 Å². The molecule has 2 rings (SSSR count). The first-order valence-corrected chi connectivity index (χ1v) is 6.84. The van der Waals surface area contributed by atoms with Crippen LogP contribution in [0.25, 0.3) is 0 Å². The molecule has 3 heteroatoms. The van der Waals surface area contributed by atoms with Crippen molar-refractivity contribution in [2.75, 3.05) is 6.54 Å². The zero-order valence-electron chi connectivity index (χ0n) is 11.4. The molecule has 1 fully saturated rings. The zero-order valence-corrected chi connectivity index (χ0v) is 11.4. The number of hydrogen-bond acceptors (Lipinski definition) is 2. The number of aromatic nitrogens is 2. The minimum atomic E-state index is 0.509. The van der Waals surface area contributed by atoms with Crippen LogP contribution in [0.1, 0.15) is 58.2 Å². The lowest BCUT2D eigenvalue weighted by atomic mass is 9.92. The zero-order chi connectivity index (χ0) is 12.3. The van der Waals surface area contributed by atoms with Gasteiger partial charge in [-0.1, -0.05) is 20.8 Å². The molecule has 0 aromatic carbocycles. The highest BCUT2D eigenvalue weighted by Gasteiger charge is 2.31. The van der Waals surface area contributed by atoms with Crippen LogP contribution < -0.4 is 5.32 Å². The predicted octanol–water partition coefficient (Wildman–Crippen LogP) is 3.13. The van der Waals surface area contributed by atoms with Crippen LogP contribution in [0.5, 0.6) is 0 Å². The molecule has 1 atom stereocenters. The summed E-state index contributed by atoms with van der Waals surface area (Å²) >= 11 is 0. The topological polar surface area (TPSA) is 29.9 Å². The maximum Gasteiger partial charge on any atom is 0.0952 e. The Bertz CT molecular complexity index is 354. The molecular formula is C14H25N3. The van der Waals surface area contributed by atoms with Gasteiger partial charge in [0.1, 0.15) is 0 Å². The van der Waals surface area contributed by atoms with Crippen LogP contribution in [0.15, 0.2) is 12.5 Å². The molecule has 1 aromatic heterocycles. The molecule has 1 aliphatic rings. The highest BCUT2D eigenvalue weighted by molar-refractivity contribution is 4.99. The molecule has 0 aliphatic heterocycles. The summed E-state index contributed by atoms with van der Waals surface area (Å²) in [6, 6.07) is 0.664. The third-order valence-electron chi connectivity index (χ3n) is 3.75. The second-order valence-electron chi connectivity index (χ2n) is 6.05. The predicted molar refractivity (Wildman–Crippen MR) is 70.9 cm³/mol. The van der Waals surface area contributed by atoms with Crippen LogP contribution in [0.4, 0.5) is 0 Å². The summed E-state index contributed by atoms with van der Waals surface area (Å²) in [7, 11) is 0. The van der Waals surface area contributed by atoms with Gasteiger partial charge >= 0.3 is 0 Å². The third-order valence-corrected chi connectivity index (χ3v) is 3.75. The summed E-state index contributed by atoms with van der Waals surface area (Å²) in [6.45, 7) is 8.90. The summed E-state index contributed by atoms with van der Waals surface area (Å²) < 4.78 is 2.32. The van der Waals surface area contributed by atoms with Gasteiger partial charge in [-0.3, -0.25) is 0 Å². The van der Waals surface area contributed by atoms with E-state index in [1.165, 1.54) is 31.4 Å². The molecule has 1 unspecified atom stereocenters. The summed E-state index contributed by atoms with van der Waals surface area (Å²) in [5.41, 5.74) is 1.68. The molecule has 0 spiro atoms. The van der Waals surface area contributed by atoms with Crippen molar-refractivity contribution in [3.05, 3.63) is 18.2 Å². The quantitative estimate of drug-likeness (QED) is 0.795. The first kappa shape index (κ1) is 12.6. The van der Waals surface area contributed by atoms with Gasteiger partial charge in [0.05, 0.1) is 12.0 Å². The number of nitrogens with one attached hydrogen (secondary N) is 1. The van der Waals surface area contributed by atoms with E-state index in [0.29, 0.717) is 11.5 Å². The molecule has 96 valence electrons. The second-order valence-corrected chi connectivity index (χ2v) is 6.05. The lowest BCUT2D eigenvalue weighted by Gasteiger charge is -2.17. The van der Waals surface area contributed by atoms with Crippen molar-refractivity contribution < 1.29 is 0 Å². The van der Waals surface area contributed by atoms with E-state index in [4.69, 9.17) is 0 Å². The van der Waals surface area contributed by atoms with E-state index in [1.54, 1.807) is 0 Å². The number of hydrogen-bond donors (Lipinski definition) is 1. The van der Waals surface area contributed by atoms with E-state index in [9.17, 15) is 0 Å². The molecule has 17 heavy (non-hydrogen) atoms. The van der Waals surface area contributed by atoms with Crippen molar-refractivity contribution in [2.24, 2.45) is 5.41 Å². The maximum atomic E-state index is 4.48. The molecule has 0 saturated heterocycles. The highest BCUT2D eigenvalue weighted by atomic mass is 15.1. The van der Waals surface area contributed by atoms with E-state index in [-0.39, 0.29) is 0 Å². The molecule has 0 amide bonds. The minimum Gasteiger partial charge on any atom is -0.334 e. The van der Waals surface area contributed by atoms with Gasteiger partial charge in [-0.05, 0) is 37.6 Å². The second kappa shape index (κ2) is 5.21. The Labute approximate surface area is 105 Å². The van der Waals surface area contributed by atoms with Crippen LogP contribution in [0, 0.1) is 5.41 Å². The fraction of sp³-hybridized carbons (Fsp3) is 0.786. The van der Waals surface area contributed by atoms with Gasteiger partial charge < -0.3 is 9.88 Å². The van der Waals surface area contributed by atoms with Crippen LogP contribution in [-0.4, -0.2) is 16.1 Å². The Morgan fingerprint density at radius 3 is 3.00 bits per heavy atom. The fourth-order valence-electron chi connectivity index (χ4n) is 2.72. The van der Waals surface area contributed by atoms with E-state index in [1.807, 2.05) is 6.33 Å². The van der Waals surface area contributed by atoms with Crippen LogP contribution in [0.3, 0.4) is 0 Å². The lowest BCUT2D eigenvalue weighted by Crippen LogP contribution is -2.14. The lowest BCUT2D eigenvalue weighted by molar-refractivity contribution is 0.358. The van der Waals surface area contributed by atoms with Crippen LogP contribution in [0.2, 0.25) is 0 Å². The first-order valence-electron chi connectivity index (χ1n) is 6.84.